The van der Waals surface area contributed by atoms with Gasteiger partial charge in [0.15, 0.2) is 0 Å². The molecule has 2 aliphatic rings. The first-order chi connectivity index (χ1) is 11.7. The monoisotopic (exact) mass is 382 g/mol. The molecular formula is C16H20Cl2N6O. The molecule has 2 fully saturated rings. The Hall–Kier alpha value is -1.70. The van der Waals surface area contributed by atoms with E-state index in [0.29, 0.717) is 22.7 Å². The maximum absolute atomic E-state index is 13.0. The van der Waals surface area contributed by atoms with Crippen molar-refractivity contribution in [2.75, 3.05) is 13.1 Å². The summed E-state index contributed by atoms with van der Waals surface area (Å²) in [5.74, 6) is 0.0134. The molecule has 1 aromatic carbocycles. The first kappa shape index (κ1) is 18.1. The van der Waals surface area contributed by atoms with E-state index in [1.807, 2.05) is 11.0 Å². The summed E-state index contributed by atoms with van der Waals surface area (Å²) in [7, 11) is 0. The van der Waals surface area contributed by atoms with Crippen molar-refractivity contribution in [2.24, 2.45) is 0 Å². The van der Waals surface area contributed by atoms with Crippen LogP contribution in [-0.4, -0.2) is 56.2 Å². The van der Waals surface area contributed by atoms with Gasteiger partial charge in [-0.05, 0) is 60.9 Å². The van der Waals surface area contributed by atoms with Crippen LogP contribution in [0.4, 0.5) is 0 Å². The van der Waals surface area contributed by atoms with Gasteiger partial charge >= 0.3 is 0 Å². The minimum absolute atomic E-state index is 0. The number of carbonyl (C=O) groups excluding carboxylic acids is 1. The van der Waals surface area contributed by atoms with Crippen LogP contribution in [0.15, 0.2) is 24.5 Å². The fraction of sp³-hybridized carbons (Fsp3) is 0.500. The average molecular weight is 383 g/mol. The number of halogens is 2. The normalized spacial score (nSPS) is 19.5. The summed E-state index contributed by atoms with van der Waals surface area (Å²) in [5, 5.41) is 15.0. The van der Waals surface area contributed by atoms with E-state index in [1.54, 1.807) is 12.1 Å². The summed E-state index contributed by atoms with van der Waals surface area (Å²) < 4.78 is 1.52. The minimum Gasteiger partial charge on any atom is -0.334 e. The molecule has 1 saturated heterocycles. The Kier molecular flexibility index (Phi) is 5.56. The molecule has 9 heteroatoms. The quantitative estimate of drug-likeness (QED) is 0.856. The number of carbonyl (C=O) groups is 1. The van der Waals surface area contributed by atoms with Gasteiger partial charge in [-0.3, -0.25) is 4.79 Å². The van der Waals surface area contributed by atoms with Gasteiger partial charge in [0.2, 0.25) is 0 Å². The molecule has 0 radical (unpaired) electrons. The van der Waals surface area contributed by atoms with Crippen molar-refractivity contribution in [1.29, 1.82) is 0 Å². The molecule has 1 N–H and O–H groups in total. The van der Waals surface area contributed by atoms with Crippen LogP contribution >= 0.6 is 24.0 Å². The second kappa shape index (κ2) is 7.68. The first-order valence-electron chi connectivity index (χ1n) is 8.29. The van der Waals surface area contributed by atoms with E-state index >= 15 is 0 Å². The highest BCUT2D eigenvalue weighted by Crippen LogP contribution is 2.31. The van der Waals surface area contributed by atoms with E-state index in [0.717, 1.165) is 38.0 Å². The molecule has 0 spiro atoms. The fourth-order valence-corrected chi connectivity index (χ4v) is 3.44. The number of amides is 1. The second-order valence-electron chi connectivity index (χ2n) is 6.40. The molecule has 1 unspecified atom stereocenters. The van der Waals surface area contributed by atoms with E-state index in [1.165, 1.54) is 17.4 Å². The summed E-state index contributed by atoms with van der Waals surface area (Å²) in [6, 6.07) is 6.06. The molecule has 4 rings (SSSR count). The minimum atomic E-state index is 0. The highest BCUT2D eigenvalue weighted by Gasteiger charge is 2.35. The molecule has 7 nitrogen and oxygen atoms in total. The fourth-order valence-electron chi connectivity index (χ4n) is 3.19. The topological polar surface area (TPSA) is 75.9 Å². The van der Waals surface area contributed by atoms with Crippen molar-refractivity contribution in [3.63, 3.8) is 0 Å². The maximum atomic E-state index is 13.0. The highest BCUT2D eigenvalue weighted by molar-refractivity contribution is 6.34. The zero-order chi connectivity index (χ0) is 16.5. The van der Waals surface area contributed by atoms with Crippen molar-refractivity contribution in [3.8, 4) is 5.69 Å². The van der Waals surface area contributed by atoms with Crippen LogP contribution in [0, 0.1) is 0 Å². The molecule has 1 saturated carbocycles. The summed E-state index contributed by atoms with van der Waals surface area (Å²) in [4.78, 5) is 15.0. The molecule has 1 atom stereocenters. The number of tetrazole rings is 1. The van der Waals surface area contributed by atoms with Crippen LogP contribution in [0.2, 0.25) is 5.02 Å². The Bertz CT molecular complexity index is 728. The van der Waals surface area contributed by atoms with Crippen LogP contribution in [-0.2, 0) is 0 Å². The first-order valence-corrected chi connectivity index (χ1v) is 8.67. The molecule has 1 aliphatic heterocycles. The number of rotatable bonds is 5. The number of benzene rings is 1. The lowest BCUT2D eigenvalue weighted by molar-refractivity contribution is 0.0729. The zero-order valence-corrected chi connectivity index (χ0v) is 15.2. The average Bonchev–Trinajstić information content (AvgIpc) is 3.07. The number of nitrogens with zero attached hydrogens (tertiary/aromatic N) is 5. The molecule has 1 aromatic heterocycles. The van der Waals surface area contributed by atoms with Gasteiger partial charge in [0.1, 0.15) is 6.33 Å². The molecule has 2 heterocycles. The van der Waals surface area contributed by atoms with Gasteiger partial charge < -0.3 is 10.2 Å². The van der Waals surface area contributed by atoms with Gasteiger partial charge in [-0.1, -0.05) is 11.6 Å². The van der Waals surface area contributed by atoms with Crippen molar-refractivity contribution < 1.29 is 4.79 Å². The van der Waals surface area contributed by atoms with E-state index < -0.39 is 0 Å². The summed E-state index contributed by atoms with van der Waals surface area (Å²) >= 11 is 6.38. The van der Waals surface area contributed by atoms with Crippen LogP contribution < -0.4 is 5.32 Å². The Morgan fingerprint density at radius 2 is 2.20 bits per heavy atom. The Morgan fingerprint density at radius 3 is 2.80 bits per heavy atom. The predicted molar refractivity (Wildman–Crippen MR) is 96.5 cm³/mol. The molecule has 1 amide bonds. The van der Waals surface area contributed by atoms with Gasteiger partial charge in [-0.2, -0.15) is 0 Å². The molecule has 1 aliphatic carbocycles. The Balaban J connectivity index is 0.00000182. The molecular weight excluding hydrogens is 363 g/mol. The summed E-state index contributed by atoms with van der Waals surface area (Å²) in [5.41, 5.74) is 1.27. The number of hydrogen-bond donors (Lipinski definition) is 1. The van der Waals surface area contributed by atoms with Crippen LogP contribution in [0.1, 0.15) is 36.0 Å². The van der Waals surface area contributed by atoms with Gasteiger partial charge in [0.05, 0.1) is 16.3 Å². The van der Waals surface area contributed by atoms with Crippen LogP contribution in [0.3, 0.4) is 0 Å². The van der Waals surface area contributed by atoms with Crippen molar-refractivity contribution >= 4 is 29.9 Å². The standard InChI is InChI=1S/C16H19ClN6O.ClH/c17-15-8-13(23-10-19-20-21-23)5-6-14(15)16(24)22(12-3-4-12)9-11-2-1-7-18-11;/h5-6,8,10-12,18H,1-4,7,9H2;1H. The number of hydrogen-bond acceptors (Lipinski definition) is 5. The van der Waals surface area contributed by atoms with Gasteiger partial charge in [0.25, 0.3) is 5.91 Å². The molecule has 25 heavy (non-hydrogen) atoms. The summed E-state index contributed by atoms with van der Waals surface area (Å²) in [6.07, 6.45) is 5.97. The Morgan fingerprint density at radius 1 is 1.36 bits per heavy atom. The largest absolute Gasteiger partial charge is 0.334 e. The van der Waals surface area contributed by atoms with E-state index in [9.17, 15) is 4.79 Å². The van der Waals surface area contributed by atoms with Gasteiger partial charge in [-0.25, -0.2) is 4.68 Å². The smallest absolute Gasteiger partial charge is 0.255 e. The van der Waals surface area contributed by atoms with Crippen LogP contribution in [0.5, 0.6) is 0 Å². The highest BCUT2D eigenvalue weighted by atomic mass is 35.5. The van der Waals surface area contributed by atoms with Gasteiger partial charge in [-0.15, -0.1) is 17.5 Å². The third kappa shape index (κ3) is 3.94. The zero-order valence-electron chi connectivity index (χ0n) is 13.6. The second-order valence-corrected chi connectivity index (χ2v) is 6.81. The van der Waals surface area contributed by atoms with Crippen molar-refractivity contribution in [2.45, 2.75) is 37.8 Å². The SMILES string of the molecule is Cl.O=C(c1ccc(-n2cnnn2)cc1Cl)N(CC1CCCN1)C1CC1. The molecule has 2 aromatic rings. The van der Waals surface area contributed by atoms with Crippen molar-refractivity contribution in [3.05, 3.63) is 35.1 Å². The lowest BCUT2D eigenvalue weighted by Crippen LogP contribution is -2.42. The van der Waals surface area contributed by atoms with E-state index in [4.69, 9.17) is 11.6 Å². The number of nitrogens with one attached hydrogen (secondary N) is 1. The third-order valence-electron chi connectivity index (χ3n) is 4.62. The predicted octanol–water partition coefficient (Wildman–Crippen LogP) is 2.09. The van der Waals surface area contributed by atoms with E-state index in [2.05, 4.69) is 20.8 Å². The Labute approximate surface area is 157 Å². The van der Waals surface area contributed by atoms with Crippen LogP contribution in [0.25, 0.3) is 5.69 Å². The van der Waals surface area contributed by atoms with Gasteiger partial charge in [0, 0.05) is 18.6 Å². The lowest BCUT2D eigenvalue weighted by atomic mass is 10.1. The van der Waals surface area contributed by atoms with Crippen molar-refractivity contribution in [1.82, 2.24) is 30.4 Å². The molecule has 0 bridgehead atoms. The maximum Gasteiger partial charge on any atom is 0.255 e. The number of aromatic nitrogens is 4. The molecule has 134 valence electrons. The summed E-state index contributed by atoms with van der Waals surface area (Å²) in [6.45, 7) is 1.80. The third-order valence-corrected chi connectivity index (χ3v) is 4.94. The lowest BCUT2D eigenvalue weighted by Gasteiger charge is -2.26. The van der Waals surface area contributed by atoms with E-state index in [-0.39, 0.29) is 18.3 Å².